The Morgan fingerprint density at radius 3 is 2.29 bits per heavy atom. The molecule has 0 fully saturated rings. The van der Waals surface area contributed by atoms with Crippen molar-refractivity contribution in [3.63, 3.8) is 0 Å². The van der Waals surface area contributed by atoms with Gasteiger partial charge in [0, 0.05) is 29.1 Å². The number of benzene rings is 2. The summed E-state index contributed by atoms with van der Waals surface area (Å²) in [5.41, 5.74) is 9.32. The van der Waals surface area contributed by atoms with E-state index in [0.29, 0.717) is 0 Å². The fourth-order valence-corrected chi connectivity index (χ4v) is 3.86. The number of hydrogen-bond acceptors (Lipinski definition) is 3. The van der Waals surface area contributed by atoms with Crippen LogP contribution in [0.5, 0.6) is 0 Å². The normalized spacial score (nSPS) is 11.0. The monoisotopic (exact) mass is 369 g/mol. The summed E-state index contributed by atoms with van der Waals surface area (Å²) in [5.74, 6) is 0.838. The van der Waals surface area contributed by atoms with Gasteiger partial charge in [-0.05, 0) is 49.6 Å². The lowest BCUT2D eigenvalue weighted by molar-refractivity contribution is 0.282. The van der Waals surface area contributed by atoms with Crippen LogP contribution in [0.1, 0.15) is 22.3 Å². The smallest absolute Gasteiger partial charge is 0.139 e. The summed E-state index contributed by atoms with van der Waals surface area (Å²) >= 11 is 0. The minimum atomic E-state index is -0.0249. The van der Waals surface area contributed by atoms with Crippen LogP contribution in [0.4, 0.5) is 0 Å². The quantitative estimate of drug-likeness (QED) is 0.518. The van der Waals surface area contributed by atoms with E-state index >= 15 is 0 Å². The van der Waals surface area contributed by atoms with Crippen molar-refractivity contribution in [1.29, 1.82) is 0 Å². The number of H-pyrrole nitrogens is 1. The number of aliphatic hydroxyl groups excluding tert-OH is 1. The Balaban J connectivity index is 1.99. The van der Waals surface area contributed by atoms with E-state index in [-0.39, 0.29) is 6.61 Å². The molecule has 0 saturated carbocycles. The Morgan fingerprint density at radius 1 is 0.929 bits per heavy atom. The molecule has 2 heterocycles. The molecule has 0 aliphatic carbocycles. The molecule has 0 bridgehead atoms. The van der Waals surface area contributed by atoms with Gasteiger partial charge in [0.05, 0.1) is 18.0 Å². The van der Waals surface area contributed by atoms with Gasteiger partial charge in [-0.3, -0.25) is 4.98 Å². The van der Waals surface area contributed by atoms with Gasteiger partial charge < -0.3 is 10.1 Å². The molecule has 4 heteroatoms. The molecular weight excluding hydrogens is 346 g/mol. The lowest BCUT2D eigenvalue weighted by atomic mass is 9.99. The number of aliphatic hydroxyl groups is 1. The SMILES string of the molecule is Cc1cc(C)c(-c2nc(-c3ccncc3)c(-c3ccccc3CO)[nH]2)c(C)c1. The zero-order valence-electron chi connectivity index (χ0n) is 16.3. The Hall–Kier alpha value is -3.24. The molecule has 2 aromatic heterocycles. The molecule has 0 radical (unpaired) electrons. The maximum Gasteiger partial charge on any atom is 0.139 e. The highest BCUT2D eigenvalue weighted by atomic mass is 16.3. The van der Waals surface area contributed by atoms with Crippen LogP contribution in [0.3, 0.4) is 0 Å². The minimum absolute atomic E-state index is 0.0249. The molecule has 2 aromatic carbocycles. The average Bonchev–Trinajstić information content (AvgIpc) is 3.12. The van der Waals surface area contributed by atoms with E-state index in [1.54, 1.807) is 12.4 Å². The molecule has 0 spiro atoms. The topological polar surface area (TPSA) is 61.8 Å². The molecule has 4 nitrogen and oxygen atoms in total. The third-order valence-corrected chi connectivity index (χ3v) is 5.03. The van der Waals surface area contributed by atoms with Gasteiger partial charge in [-0.1, -0.05) is 42.0 Å². The molecule has 0 atom stereocenters. The van der Waals surface area contributed by atoms with Crippen LogP contribution in [0, 0.1) is 20.8 Å². The first-order valence-electron chi connectivity index (χ1n) is 9.36. The van der Waals surface area contributed by atoms with Crippen molar-refractivity contribution < 1.29 is 5.11 Å². The predicted molar refractivity (Wildman–Crippen MR) is 113 cm³/mol. The zero-order valence-corrected chi connectivity index (χ0v) is 16.3. The maximum absolute atomic E-state index is 9.84. The van der Waals surface area contributed by atoms with Gasteiger partial charge in [0.15, 0.2) is 0 Å². The van der Waals surface area contributed by atoms with Crippen LogP contribution in [-0.2, 0) is 6.61 Å². The Morgan fingerprint density at radius 2 is 1.61 bits per heavy atom. The number of pyridine rings is 1. The molecule has 0 aliphatic rings. The molecule has 4 rings (SSSR count). The zero-order chi connectivity index (χ0) is 19.7. The van der Waals surface area contributed by atoms with Crippen molar-refractivity contribution in [2.45, 2.75) is 27.4 Å². The van der Waals surface area contributed by atoms with Gasteiger partial charge in [0.25, 0.3) is 0 Å². The summed E-state index contributed by atoms with van der Waals surface area (Å²) in [5, 5.41) is 9.84. The molecule has 2 N–H and O–H groups in total. The highest BCUT2D eigenvalue weighted by molar-refractivity contribution is 5.83. The van der Waals surface area contributed by atoms with E-state index < -0.39 is 0 Å². The van der Waals surface area contributed by atoms with E-state index in [9.17, 15) is 5.11 Å². The molecule has 0 saturated heterocycles. The standard InChI is InChI=1S/C24H23N3O/c1-15-12-16(2)21(17(3)13-15)24-26-22(18-8-10-25-11-9-18)23(27-24)20-7-5-4-6-19(20)14-28/h4-13,28H,14H2,1-3H3,(H,26,27). The fourth-order valence-electron chi connectivity index (χ4n) is 3.86. The van der Waals surface area contributed by atoms with E-state index in [1.807, 2.05) is 36.4 Å². The van der Waals surface area contributed by atoms with Crippen LogP contribution in [0.25, 0.3) is 33.9 Å². The molecule has 28 heavy (non-hydrogen) atoms. The largest absolute Gasteiger partial charge is 0.392 e. The van der Waals surface area contributed by atoms with Gasteiger partial charge in [-0.2, -0.15) is 0 Å². The highest BCUT2D eigenvalue weighted by Crippen LogP contribution is 2.36. The van der Waals surface area contributed by atoms with E-state index in [2.05, 4.69) is 42.9 Å². The molecule has 140 valence electrons. The second-order valence-electron chi connectivity index (χ2n) is 7.13. The number of nitrogens with zero attached hydrogens (tertiary/aromatic N) is 2. The first-order chi connectivity index (χ1) is 13.6. The Bertz CT molecular complexity index is 1110. The van der Waals surface area contributed by atoms with Crippen LogP contribution in [0.15, 0.2) is 60.9 Å². The average molecular weight is 369 g/mol. The number of hydrogen-bond donors (Lipinski definition) is 2. The van der Waals surface area contributed by atoms with Crippen LogP contribution in [-0.4, -0.2) is 20.1 Å². The van der Waals surface area contributed by atoms with Crippen molar-refractivity contribution in [2.24, 2.45) is 0 Å². The number of aromatic amines is 1. The van der Waals surface area contributed by atoms with E-state index in [4.69, 9.17) is 4.98 Å². The molecule has 4 aromatic rings. The Labute approximate surface area is 165 Å². The summed E-state index contributed by atoms with van der Waals surface area (Å²) in [7, 11) is 0. The first-order valence-corrected chi connectivity index (χ1v) is 9.36. The van der Waals surface area contributed by atoms with Crippen molar-refractivity contribution >= 4 is 0 Å². The molecular formula is C24H23N3O. The van der Waals surface area contributed by atoms with Crippen molar-refractivity contribution in [2.75, 3.05) is 0 Å². The fraction of sp³-hybridized carbons (Fsp3) is 0.167. The van der Waals surface area contributed by atoms with Gasteiger partial charge >= 0.3 is 0 Å². The van der Waals surface area contributed by atoms with Crippen LogP contribution in [0.2, 0.25) is 0 Å². The number of aryl methyl sites for hydroxylation is 3. The maximum atomic E-state index is 9.84. The van der Waals surface area contributed by atoms with E-state index in [1.165, 1.54) is 16.7 Å². The molecule has 0 unspecified atom stereocenters. The van der Waals surface area contributed by atoms with Gasteiger partial charge in [-0.25, -0.2) is 4.98 Å². The summed E-state index contributed by atoms with van der Waals surface area (Å²) in [6.45, 7) is 6.32. The first kappa shape index (κ1) is 18.1. The molecule has 0 aliphatic heterocycles. The number of nitrogens with one attached hydrogen (secondary N) is 1. The van der Waals surface area contributed by atoms with Gasteiger partial charge in [0.1, 0.15) is 5.82 Å². The summed E-state index contributed by atoms with van der Waals surface area (Å²) < 4.78 is 0. The van der Waals surface area contributed by atoms with Crippen LogP contribution >= 0.6 is 0 Å². The van der Waals surface area contributed by atoms with E-state index in [0.717, 1.165) is 39.5 Å². The molecule has 0 amide bonds. The highest BCUT2D eigenvalue weighted by Gasteiger charge is 2.19. The van der Waals surface area contributed by atoms with Crippen LogP contribution < -0.4 is 0 Å². The lowest BCUT2D eigenvalue weighted by Crippen LogP contribution is -1.92. The summed E-state index contributed by atoms with van der Waals surface area (Å²) in [4.78, 5) is 12.7. The number of rotatable bonds is 4. The van der Waals surface area contributed by atoms with Crippen molar-refractivity contribution in [3.05, 3.63) is 83.2 Å². The second-order valence-corrected chi connectivity index (χ2v) is 7.13. The van der Waals surface area contributed by atoms with Gasteiger partial charge in [0.2, 0.25) is 0 Å². The lowest BCUT2D eigenvalue weighted by Gasteiger charge is -2.09. The second kappa shape index (κ2) is 7.41. The van der Waals surface area contributed by atoms with Gasteiger partial charge in [-0.15, -0.1) is 0 Å². The van der Waals surface area contributed by atoms with Crippen molar-refractivity contribution in [1.82, 2.24) is 15.0 Å². The third kappa shape index (κ3) is 3.23. The minimum Gasteiger partial charge on any atom is -0.392 e. The third-order valence-electron chi connectivity index (χ3n) is 5.03. The number of aromatic nitrogens is 3. The Kier molecular flexibility index (Phi) is 4.80. The predicted octanol–water partition coefficient (Wildman–Crippen LogP) is 5.22. The summed E-state index contributed by atoms with van der Waals surface area (Å²) in [6.07, 6.45) is 3.54. The number of imidazole rings is 1. The van der Waals surface area contributed by atoms with Crippen molar-refractivity contribution in [3.8, 4) is 33.9 Å². The summed E-state index contributed by atoms with van der Waals surface area (Å²) in [6, 6.07) is 16.1.